The van der Waals surface area contributed by atoms with Crippen molar-refractivity contribution >= 4 is 27.9 Å². The number of ether oxygens (including phenoxy) is 1. The fourth-order valence-electron chi connectivity index (χ4n) is 1.52. The minimum atomic E-state index is -3.87. The lowest BCUT2D eigenvalue weighted by molar-refractivity contribution is -0.153. The van der Waals surface area contributed by atoms with E-state index >= 15 is 0 Å². The van der Waals surface area contributed by atoms with Crippen LogP contribution < -0.4 is 15.4 Å². The maximum atomic E-state index is 12.0. The van der Waals surface area contributed by atoms with Gasteiger partial charge in [0.2, 0.25) is 10.0 Å². The van der Waals surface area contributed by atoms with Crippen LogP contribution in [-0.2, 0) is 24.3 Å². The van der Waals surface area contributed by atoms with E-state index in [1.54, 1.807) is 12.1 Å². The van der Waals surface area contributed by atoms with Crippen molar-refractivity contribution in [3.8, 4) is 0 Å². The van der Waals surface area contributed by atoms with Crippen molar-refractivity contribution < 1.29 is 27.5 Å². The largest absolute Gasteiger partial charge is 0.452 e. The number of nitrogens with one attached hydrogen (secondary N) is 3. The van der Waals surface area contributed by atoms with Crippen LogP contribution in [0.4, 0.5) is 4.79 Å². The zero-order valence-corrected chi connectivity index (χ0v) is 14.3. The third-order valence-electron chi connectivity index (χ3n) is 2.88. The van der Waals surface area contributed by atoms with Crippen LogP contribution >= 0.6 is 0 Å². The van der Waals surface area contributed by atoms with Crippen molar-refractivity contribution in [1.29, 1.82) is 0 Å². The molecule has 0 saturated heterocycles. The first kappa shape index (κ1) is 19.6. The summed E-state index contributed by atoms with van der Waals surface area (Å²) < 4.78 is 30.8. The SMILES string of the molecule is CNC(=O)NC(=O)[C@H](C)OC(=O)CNS(=O)(=O)c1ccc(C)cc1. The molecule has 24 heavy (non-hydrogen) atoms. The number of aryl methyl sites for hydroxylation is 1. The molecule has 0 unspecified atom stereocenters. The van der Waals surface area contributed by atoms with Crippen molar-refractivity contribution in [3.05, 3.63) is 29.8 Å². The van der Waals surface area contributed by atoms with Gasteiger partial charge in [-0.15, -0.1) is 0 Å². The van der Waals surface area contributed by atoms with Crippen molar-refractivity contribution in [2.75, 3.05) is 13.6 Å². The standard InChI is InChI=1S/C14H19N3O6S/c1-9-4-6-11(7-5-9)24(21,22)16-8-12(18)23-10(2)13(19)17-14(20)15-3/h4-7,10,16H,8H2,1-3H3,(H2,15,17,19,20)/t10-/m0/s1. The molecule has 0 radical (unpaired) electrons. The molecule has 1 atom stereocenters. The molecular formula is C14H19N3O6S. The number of hydrogen-bond acceptors (Lipinski definition) is 6. The highest BCUT2D eigenvalue weighted by Crippen LogP contribution is 2.09. The van der Waals surface area contributed by atoms with Gasteiger partial charge in [-0.25, -0.2) is 13.2 Å². The van der Waals surface area contributed by atoms with E-state index in [1.165, 1.54) is 26.1 Å². The Labute approximate surface area is 139 Å². The van der Waals surface area contributed by atoms with Gasteiger partial charge in [0.15, 0.2) is 6.10 Å². The van der Waals surface area contributed by atoms with Crippen LogP contribution in [-0.4, -0.2) is 46.0 Å². The maximum Gasteiger partial charge on any atom is 0.321 e. The van der Waals surface area contributed by atoms with Gasteiger partial charge in [-0.2, -0.15) is 4.72 Å². The summed E-state index contributed by atoms with van der Waals surface area (Å²) in [6.07, 6.45) is -1.25. The Balaban J connectivity index is 2.55. The zero-order chi connectivity index (χ0) is 18.3. The fraction of sp³-hybridized carbons (Fsp3) is 0.357. The molecule has 10 heteroatoms. The highest BCUT2D eigenvalue weighted by Gasteiger charge is 2.21. The average molecular weight is 357 g/mol. The summed E-state index contributed by atoms with van der Waals surface area (Å²) in [5.74, 6) is -1.78. The summed E-state index contributed by atoms with van der Waals surface area (Å²) in [6, 6.07) is 5.31. The van der Waals surface area contributed by atoms with Crippen LogP contribution in [0.2, 0.25) is 0 Å². The van der Waals surface area contributed by atoms with Gasteiger partial charge in [-0.1, -0.05) is 17.7 Å². The third-order valence-corrected chi connectivity index (χ3v) is 4.30. The molecule has 1 aromatic carbocycles. The normalized spacial score (nSPS) is 12.1. The Morgan fingerprint density at radius 1 is 1.17 bits per heavy atom. The van der Waals surface area contributed by atoms with E-state index in [2.05, 4.69) is 10.0 Å². The zero-order valence-electron chi connectivity index (χ0n) is 13.5. The summed E-state index contributed by atoms with van der Waals surface area (Å²) in [7, 11) is -2.55. The minimum absolute atomic E-state index is 0.00584. The lowest BCUT2D eigenvalue weighted by Gasteiger charge is -2.13. The molecule has 0 aromatic heterocycles. The first-order valence-corrected chi connectivity index (χ1v) is 8.42. The second-order valence-corrected chi connectivity index (χ2v) is 6.61. The Bertz CT molecular complexity index is 715. The molecule has 3 amide bonds. The molecule has 1 rings (SSSR count). The Morgan fingerprint density at radius 2 is 1.75 bits per heavy atom. The predicted octanol–water partition coefficient (Wildman–Crippen LogP) is -0.339. The molecule has 0 heterocycles. The quantitative estimate of drug-likeness (QED) is 0.597. The third kappa shape index (κ3) is 5.97. The van der Waals surface area contributed by atoms with Crippen molar-refractivity contribution in [2.24, 2.45) is 0 Å². The fourth-order valence-corrected chi connectivity index (χ4v) is 2.49. The summed E-state index contributed by atoms with van der Waals surface area (Å²) in [4.78, 5) is 34.1. The number of carbonyl (C=O) groups is 3. The molecule has 0 saturated carbocycles. The Morgan fingerprint density at radius 3 is 2.29 bits per heavy atom. The first-order valence-electron chi connectivity index (χ1n) is 6.94. The molecule has 132 valence electrons. The summed E-state index contributed by atoms with van der Waals surface area (Å²) in [5.41, 5.74) is 0.893. The highest BCUT2D eigenvalue weighted by molar-refractivity contribution is 7.89. The van der Waals surface area contributed by atoms with Gasteiger partial charge < -0.3 is 10.1 Å². The lowest BCUT2D eigenvalue weighted by Crippen LogP contribution is -2.44. The number of hydrogen-bond donors (Lipinski definition) is 3. The Hall–Kier alpha value is -2.46. The molecule has 0 aliphatic rings. The number of sulfonamides is 1. The van der Waals surface area contributed by atoms with Gasteiger partial charge in [-0.05, 0) is 26.0 Å². The molecule has 9 nitrogen and oxygen atoms in total. The second kappa shape index (κ2) is 8.41. The van der Waals surface area contributed by atoms with Crippen LogP contribution in [0.5, 0.6) is 0 Å². The number of urea groups is 1. The minimum Gasteiger partial charge on any atom is -0.452 e. The molecule has 0 aliphatic carbocycles. The first-order chi connectivity index (χ1) is 11.2. The molecule has 0 spiro atoms. The number of imide groups is 1. The van der Waals surface area contributed by atoms with E-state index in [1.807, 2.05) is 12.2 Å². The van der Waals surface area contributed by atoms with Crippen LogP contribution in [0.25, 0.3) is 0 Å². The monoisotopic (exact) mass is 357 g/mol. The Kier molecular flexibility index (Phi) is 6.86. The van der Waals surface area contributed by atoms with E-state index in [0.717, 1.165) is 5.56 Å². The number of esters is 1. The van der Waals surface area contributed by atoms with Crippen molar-refractivity contribution in [3.63, 3.8) is 0 Å². The average Bonchev–Trinajstić information content (AvgIpc) is 2.53. The van der Waals surface area contributed by atoms with E-state index in [9.17, 15) is 22.8 Å². The molecule has 0 bridgehead atoms. The van der Waals surface area contributed by atoms with Gasteiger partial charge in [0, 0.05) is 7.05 Å². The molecule has 3 N–H and O–H groups in total. The van der Waals surface area contributed by atoms with E-state index in [4.69, 9.17) is 4.74 Å². The summed E-state index contributed by atoms with van der Waals surface area (Å²) in [6.45, 7) is 2.42. The summed E-state index contributed by atoms with van der Waals surface area (Å²) >= 11 is 0. The number of carbonyl (C=O) groups excluding carboxylic acids is 3. The van der Waals surface area contributed by atoms with Crippen molar-refractivity contribution in [1.82, 2.24) is 15.4 Å². The van der Waals surface area contributed by atoms with Crippen LogP contribution in [0.15, 0.2) is 29.2 Å². The van der Waals surface area contributed by atoms with Gasteiger partial charge in [0.1, 0.15) is 6.54 Å². The van der Waals surface area contributed by atoms with Gasteiger partial charge in [-0.3, -0.25) is 14.9 Å². The van der Waals surface area contributed by atoms with Gasteiger partial charge >= 0.3 is 12.0 Å². The molecule has 0 aliphatic heterocycles. The number of rotatable bonds is 6. The molecule has 1 aromatic rings. The maximum absolute atomic E-state index is 12.0. The molecule has 0 fully saturated rings. The van der Waals surface area contributed by atoms with E-state index < -0.39 is 40.6 Å². The summed E-state index contributed by atoms with van der Waals surface area (Å²) in [5, 5.41) is 4.10. The topological polar surface area (TPSA) is 131 Å². The van der Waals surface area contributed by atoms with E-state index in [-0.39, 0.29) is 4.90 Å². The number of amides is 3. The lowest BCUT2D eigenvalue weighted by atomic mass is 10.2. The van der Waals surface area contributed by atoms with Crippen LogP contribution in [0, 0.1) is 6.92 Å². The number of benzene rings is 1. The van der Waals surface area contributed by atoms with Crippen LogP contribution in [0.3, 0.4) is 0 Å². The van der Waals surface area contributed by atoms with Gasteiger partial charge in [0.25, 0.3) is 5.91 Å². The predicted molar refractivity (Wildman–Crippen MR) is 84.5 cm³/mol. The van der Waals surface area contributed by atoms with Crippen molar-refractivity contribution in [2.45, 2.75) is 24.8 Å². The van der Waals surface area contributed by atoms with E-state index in [0.29, 0.717) is 0 Å². The van der Waals surface area contributed by atoms with Gasteiger partial charge in [0.05, 0.1) is 4.90 Å². The smallest absolute Gasteiger partial charge is 0.321 e. The molecular weight excluding hydrogens is 338 g/mol. The highest BCUT2D eigenvalue weighted by atomic mass is 32.2. The second-order valence-electron chi connectivity index (χ2n) is 4.84. The van der Waals surface area contributed by atoms with Crippen LogP contribution in [0.1, 0.15) is 12.5 Å².